The minimum absolute atomic E-state index is 0.143. The molecule has 2 N–H and O–H groups in total. The van der Waals surface area contributed by atoms with Crippen LogP contribution in [-0.4, -0.2) is 74.8 Å². The van der Waals surface area contributed by atoms with Crippen LogP contribution in [0.25, 0.3) is 10.6 Å². The molecule has 2 heterocycles. The molecule has 0 unspecified atom stereocenters. The predicted octanol–water partition coefficient (Wildman–Crippen LogP) is 0.937. The summed E-state index contributed by atoms with van der Waals surface area (Å²) in [5, 5.41) is 17.8. The number of likely N-dealkylation sites (N-methyl/N-ethyl adjacent to an activating group) is 1. The van der Waals surface area contributed by atoms with E-state index in [4.69, 9.17) is 15.0 Å². The van der Waals surface area contributed by atoms with E-state index in [-0.39, 0.29) is 10.6 Å². The summed E-state index contributed by atoms with van der Waals surface area (Å²) in [4.78, 5) is 24.8. The number of halogens is 3. The van der Waals surface area contributed by atoms with E-state index in [1.54, 1.807) is 24.4 Å². The number of alkyl halides is 3. The number of carbonyl (C=O) groups excluding carboxylic acids is 1. The second-order valence-electron chi connectivity index (χ2n) is 7.51. The van der Waals surface area contributed by atoms with Crippen LogP contribution < -0.4 is 9.83 Å². The summed E-state index contributed by atoms with van der Waals surface area (Å²) in [6, 6.07) is 7.95. The van der Waals surface area contributed by atoms with Gasteiger partial charge < -0.3 is 19.5 Å². The molecule has 14 heteroatoms. The van der Waals surface area contributed by atoms with Gasteiger partial charge in [-0.05, 0) is 24.3 Å². The molecule has 2 aromatic heterocycles. The van der Waals surface area contributed by atoms with Crippen LogP contribution in [-0.2, 0) is 19.6 Å². The number of rotatable bonds is 8. The Morgan fingerprint density at radius 3 is 2.25 bits per heavy atom. The van der Waals surface area contributed by atoms with E-state index < -0.39 is 34.2 Å². The van der Waals surface area contributed by atoms with Gasteiger partial charge in [0.2, 0.25) is 0 Å². The number of sulfonamides is 1. The summed E-state index contributed by atoms with van der Waals surface area (Å²) in [7, 11) is 1.85. The summed E-state index contributed by atoms with van der Waals surface area (Å²) in [6.45, 7) is 0.365. The number of thiophene rings is 1. The quantitative estimate of drug-likeness (QED) is 0.518. The first kappa shape index (κ1) is 27.5. The van der Waals surface area contributed by atoms with Gasteiger partial charge in [0, 0.05) is 6.20 Å². The average Bonchev–Trinajstić information content (AvgIpc) is 3.11. The zero-order valence-electron chi connectivity index (χ0n) is 17.3. The lowest BCUT2D eigenvalue weighted by Gasteiger charge is -2.28. The average molecular weight is 498 g/mol. The molecule has 0 radical (unpaired) electrons. The maximum Gasteiger partial charge on any atom is 0.430 e. The molecular weight excluding hydrogens is 475 g/mol. The summed E-state index contributed by atoms with van der Waals surface area (Å²) in [6.07, 6.45) is -3.82. The molecule has 178 valence electrons. The van der Waals surface area contributed by atoms with Crippen molar-refractivity contribution in [2.45, 2.75) is 22.8 Å². The number of nitrogens with zero attached hydrogens (tertiary/aromatic N) is 2. The van der Waals surface area contributed by atoms with Crippen molar-refractivity contribution in [2.24, 2.45) is 0 Å². The third kappa shape index (κ3) is 9.72. The monoisotopic (exact) mass is 497 g/mol. The maximum absolute atomic E-state index is 12.6. The molecule has 0 amide bonds. The molecule has 0 saturated carbocycles. The van der Waals surface area contributed by atoms with Gasteiger partial charge in [-0.25, -0.2) is 13.1 Å². The Labute approximate surface area is 186 Å². The van der Waals surface area contributed by atoms with Crippen molar-refractivity contribution in [3.05, 3.63) is 36.5 Å². The molecule has 9 nitrogen and oxygen atoms in total. The predicted molar refractivity (Wildman–Crippen MR) is 108 cm³/mol. The van der Waals surface area contributed by atoms with Gasteiger partial charge >= 0.3 is 12.1 Å². The lowest BCUT2D eigenvalue weighted by Crippen LogP contribution is -2.49. The van der Waals surface area contributed by atoms with Crippen LogP contribution in [0.1, 0.15) is 6.42 Å². The third-order valence-electron chi connectivity index (χ3n) is 3.51. The highest BCUT2D eigenvalue weighted by Crippen LogP contribution is 2.29. The van der Waals surface area contributed by atoms with Gasteiger partial charge in [0.05, 0.1) is 50.7 Å². The van der Waals surface area contributed by atoms with Crippen molar-refractivity contribution in [1.82, 2.24) is 9.71 Å². The molecule has 0 bridgehead atoms. The molecular formula is C18H22F3N3O6S2. The number of nitrogens with one attached hydrogen (secondary N) is 1. The van der Waals surface area contributed by atoms with E-state index in [0.29, 0.717) is 16.7 Å². The van der Waals surface area contributed by atoms with Gasteiger partial charge in [-0.1, -0.05) is 6.07 Å². The van der Waals surface area contributed by atoms with Crippen molar-refractivity contribution in [2.75, 3.05) is 27.7 Å². The smallest absolute Gasteiger partial charge is 0.430 e. The highest BCUT2D eigenvalue weighted by atomic mass is 32.2. The molecule has 0 aliphatic heterocycles. The number of pyridine rings is 1. The van der Waals surface area contributed by atoms with Crippen molar-refractivity contribution in [3.8, 4) is 10.6 Å². The zero-order chi connectivity index (χ0) is 24.7. The Bertz CT molecular complexity index is 1020. The number of aliphatic carboxylic acids is 2. The van der Waals surface area contributed by atoms with Gasteiger partial charge in [0.15, 0.2) is 0 Å². The van der Waals surface area contributed by atoms with E-state index >= 15 is 0 Å². The van der Waals surface area contributed by atoms with Gasteiger partial charge in [-0.15, -0.1) is 11.3 Å². The minimum atomic E-state index is -5.19. The van der Waals surface area contributed by atoms with Crippen LogP contribution in [0.15, 0.2) is 40.7 Å². The maximum atomic E-state index is 12.6. The number of aromatic nitrogens is 1. The fourth-order valence-electron chi connectivity index (χ4n) is 2.40. The molecule has 32 heavy (non-hydrogen) atoms. The highest BCUT2D eigenvalue weighted by molar-refractivity contribution is 7.91. The van der Waals surface area contributed by atoms with Gasteiger partial charge in [-0.2, -0.15) is 13.2 Å². The Balaban J connectivity index is 0.000000633. The SMILES string of the molecule is C[N+](C)(C)C[C@@H](CC(=O)O)NS(=O)(=O)c1ccc(-c2ccccn2)s1.O=C([O-])C(F)(F)F. The standard InChI is InChI=1S/C16H21N3O4S2.C2HF3O2/c1-19(2,3)11-12(10-15(20)21)18-25(22,23)16-8-7-14(24-16)13-6-4-5-9-17-13;3-2(4,5)1(6)7/h4-9,12,18H,10-11H2,1-3H3;(H,6,7)/t12-;/m1./s1. The lowest BCUT2D eigenvalue weighted by molar-refractivity contribution is -0.871. The van der Waals surface area contributed by atoms with E-state index in [2.05, 4.69) is 9.71 Å². The molecule has 0 aliphatic carbocycles. The molecule has 0 saturated heterocycles. The number of carbonyl (C=O) groups is 2. The second kappa shape index (κ2) is 10.8. The van der Waals surface area contributed by atoms with E-state index in [1.165, 1.54) is 6.07 Å². The fourth-order valence-corrected chi connectivity index (χ4v) is 4.93. The number of hydrogen-bond donors (Lipinski definition) is 2. The topological polar surface area (TPSA) is 136 Å². The number of quaternary nitrogens is 1. The molecule has 0 fully saturated rings. The summed E-state index contributed by atoms with van der Waals surface area (Å²) >= 11 is 1.11. The van der Waals surface area contributed by atoms with Crippen molar-refractivity contribution >= 4 is 33.3 Å². The minimum Gasteiger partial charge on any atom is -0.542 e. The Morgan fingerprint density at radius 2 is 1.81 bits per heavy atom. The van der Waals surface area contributed by atoms with Crippen molar-refractivity contribution in [1.29, 1.82) is 0 Å². The van der Waals surface area contributed by atoms with E-state index in [0.717, 1.165) is 16.2 Å². The van der Waals surface area contributed by atoms with Crippen LogP contribution in [0.2, 0.25) is 0 Å². The van der Waals surface area contributed by atoms with E-state index in [1.807, 2.05) is 27.2 Å². The zero-order valence-corrected chi connectivity index (χ0v) is 18.9. The molecule has 1 atom stereocenters. The Hall–Kier alpha value is -2.55. The summed E-state index contributed by atoms with van der Waals surface area (Å²) < 4.78 is 59.9. The summed E-state index contributed by atoms with van der Waals surface area (Å²) in [5.41, 5.74) is 0.697. The van der Waals surface area contributed by atoms with Crippen LogP contribution in [0.3, 0.4) is 0 Å². The molecule has 0 aromatic carbocycles. The second-order valence-corrected chi connectivity index (χ2v) is 10.5. The van der Waals surface area contributed by atoms with Crippen LogP contribution in [0.4, 0.5) is 13.2 Å². The molecule has 2 aromatic rings. The summed E-state index contributed by atoms with van der Waals surface area (Å²) in [5.74, 6) is -4.05. The largest absolute Gasteiger partial charge is 0.542 e. The van der Waals surface area contributed by atoms with E-state index in [9.17, 15) is 26.4 Å². The molecule has 2 rings (SSSR count). The first-order chi connectivity index (χ1) is 14.5. The van der Waals surface area contributed by atoms with Crippen molar-refractivity contribution < 1.29 is 45.9 Å². The Kier molecular flexibility index (Phi) is 9.32. The molecule has 0 spiro atoms. The first-order valence-corrected chi connectivity index (χ1v) is 11.2. The van der Waals surface area contributed by atoms with Gasteiger partial charge in [0.1, 0.15) is 10.2 Å². The Morgan fingerprint density at radius 1 is 1.22 bits per heavy atom. The number of hydrogen-bond acceptors (Lipinski definition) is 7. The fraction of sp³-hybridized carbons (Fsp3) is 0.389. The number of carboxylic acid groups (broad SMARTS) is 2. The van der Waals surface area contributed by atoms with Crippen LogP contribution in [0, 0.1) is 0 Å². The highest BCUT2D eigenvalue weighted by Gasteiger charge is 2.29. The lowest BCUT2D eigenvalue weighted by atomic mass is 10.2. The van der Waals surface area contributed by atoms with Crippen LogP contribution in [0.5, 0.6) is 0 Å². The molecule has 0 aliphatic rings. The third-order valence-corrected chi connectivity index (χ3v) is 6.63. The van der Waals surface area contributed by atoms with Crippen molar-refractivity contribution in [3.63, 3.8) is 0 Å². The normalized spacial score (nSPS) is 13.1. The first-order valence-electron chi connectivity index (χ1n) is 8.85. The van der Waals surface area contributed by atoms with Crippen LogP contribution >= 0.6 is 11.3 Å². The van der Waals surface area contributed by atoms with Gasteiger partial charge in [-0.3, -0.25) is 9.78 Å². The number of carboxylic acids is 2. The van der Waals surface area contributed by atoms with Gasteiger partial charge in [0.25, 0.3) is 10.0 Å².